The normalized spacial score (nSPS) is 25.2. The third-order valence-electron chi connectivity index (χ3n) is 4.21. The van der Waals surface area contributed by atoms with Gasteiger partial charge in [-0.05, 0) is 43.6 Å². The van der Waals surface area contributed by atoms with Crippen LogP contribution in [0.1, 0.15) is 52.9 Å². The molecule has 1 aliphatic rings. The summed E-state index contributed by atoms with van der Waals surface area (Å²) in [5.74, 6) is 2.07. The lowest BCUT2D eigenvalue weighted by atomic mass is 9.76. The number of nitrogens with one attached hydrogen (secondary N) is 1. The van der Waals surface area contributed by atoms with Gasteiger partial charge < -0.3 is 11.1 Å². The Morgan fingerprint density at radius 3 is 2.40 bits per heavy atom. The van der Waals surface area contributed by atoms with Crippen molar-refractivity contribution in [1.82, 2.24) is 5.32 Å². The van der Waals surface area contributed by atoms with E-state index in [1.54, 1.807) is 0 Å². The summed E-state index contributed by atoms with van der Waals surface area (Å²) < 4.78 is 11.3. The molecule has 118 valence electrons. The van der Waals surface area contributed by atoms with Crippen molar-refractivity contribution < 1.29 is 9.00 Å². The number of carbonyl (C=O) groups is 1. The maximum absolute atomic E-state index is 12.0. The fourth-order valence-electron chi connectivity index (χ4n) is 2.75. The molecule has 0 saturated carbocycles. The van der Waals surface area contributed by atoms with Gasteiger partial charge in [0.25, 0.3) is 0 Å². The van der Waals surface area contributed by atoms with Crippen LogP contribution in [0, 0.1) is 11.3 Å². The lowest BCUT2D eigenvalue weighted by molar-refractivity contribution is -0.122. The smallest absolute Gasteiger partial charge is 0.220 e. The fraction of sp³-hybridized carbons (Fsp3) is 0.933. The van der Waals surface area contributed by atoms with Gasteiger partial charge in [-0.3, -0.25) is 9.00 Å². The Morgan fingerprint density at radius 1 is 1.30 bits per heavy atom. The zero-order valence-electron chi connectivity index (χ0n) is 13.1. The van der Waals surface area contributed by atoms with Crippen LogP contribution < -0.4 is 11.1 Å². The molecule has 3 N–H and O–H groups in total. The highest BCUT2D eigenvalue weighted by molar-refractivity contribution is 7.85. The Labute approximate surface area is 125 Å². The van der Waals surface area contributed by atoms with Gasteiger partial charge in [-0.15, -0.1) is 0 Å². The van der Waals surface area contributed by atoms with Crippen LogP contribution in [0.2, 0.25) is 0 Å². The monoisotopic (exact) mass is 302 g/mol. The van der Waals surface area contributed by atoms with Crippen molar-refractivity contribution in [3.05, 3.63) is 0 Å². The van der Waals surface area contributed by atoms with E-state index in [-0.39, 0.29) is 17.4 Å². The summed E-state index contributed by atoms with van der Waals surface area (Å²) in [7, 11) is -0.666. The van der Waals surface area contributed by atoms with E-state index in [0.29, 0.717) is 18.9 Å². The molecule has 0 spiro atoms. The maximum atomic E-state index is 12.0. The van der Waals surface area contributed by atoms with Crippen molar-refractivity contribution in [2.24, 2.45) is 17.1 Å². The average Bonchev–Trinajstić information content (AvgIpc) is 2.36. The molecule has 0 aromatic carbocycles. The molecule has 0 aliphatic carbocycles. The molecule has 1 amide bonds. The standard InChI is InChI=1S/C15H30N2O2S/c1-15(2,3)12(6-9-16)4-5-14(18)17-13-7-10-20(19)11-8-13/h12-13H,4-11,16H2,1-3H3,(H,17,18). The van der Waals surface area contributed by atoms with E-state index in [0.717, 1.165) is 37.2 Å². The summed E-state index contributed by atoms with van der Waals surface area (Å²) in [4.78, 5) is 12.0. The second-order valence-electron chi connectivity index (χ2n) is 6.87. The largest absolute Gasteiger partial charge is 0.353 e. The minimum Gasteiger partial charge on any atom is -0.353 e. The summed E-state index contributed by atoms with van der Waals surface area (Å²) in [6.45, 7) is 7.31. The van der Waals surface area contributed by atoms with Crippen molar-refractivity contribution in [3.8, 4) is 0 Å². The molecule has 1 fully saturated rings. The van der Waals surface area contributed by atoms with E-state index >= 15 is 0 Å². The Hall–Kier alpha value is -0.420. The predicted molar refractivity (Wildman–Crippen MR) is 84.9 cm³/mol. The van der Waals surface area contributed by atoms with E-state index in [2.05, 4.69) is 26.1 Å². The van der Waals surface area contributed by atoms with E-state index in [1.165, 1.54) is 0 Å². The Balaban J connectivity index is 2.32. The Kier molecular flexibility index (Phi) is 7.17. The quantitative estimate of drug-likeness (QED) is 0.786. The minimum absolute atomic E-state index is 0.133. The molecule has 0 bridgehead atoms. The third kappa shape index (κ3) is 6.35. The van der Waals surface area contributed by atoms with Crippen LogP contribution in [0.5, 0.6) is 0 Å². The van der Waals surface area contributed by atoms with Gasteiger partial charge in [0.2, 0.25) is 5.91 Å². The predicted octanol–water partition coefficient (Wildman–Crippen LogP) is 1.80. The minimum atomic E-state index is -0.666. The van der Waals surface area contributed by atoms with Crippen LogP contribution in [0.4, 0.5) is 0 Å². The van der Waals surface area contributed by atoms with Crippen LogP contribution in [-0.2, 0) is 15.6 Å². The number of carbonyl (C=O) groups excluding carboxylic acids is 1. The first-order valence-electron chi connectivity index (χ1n) is 7.67. The zero-order chi connectivity index (χ0) is 15.2. The lowest BCUT2D eigenvalue weighted by Gasteiger charge is -2.30. The highest BCUT2D eigenvalue weighted by Crippen LogP contribution is 2.32. The van der Waals surface area contributed by atoms with Gasteiger partial charge in [-0.2, -0.15) is 0 Å². The topological polar surface area (TPSA) is 72.2 Å². The first kappa shape index (κ1) is 17.6. The molecule has 0 radical (unpaired) electrons. The number of amides is 1. The number of rotatable bonds is 6. The molecule has 4 nitrogen and oxygen atoms in total. The number of hydrogen-bond donors (Lipinski definition) is 2. The summed E-state index contributed by atoms with van der Waals surface area (Å²) >= 11 is 0. The zero-order valence-corrected chi connectivity index (χ0v) is 13.9. The van der Waals surface area contributed by atoms with Gasteiger partial charge in [0.1, 0.15) is 0 Å². The number of nitrogens with two attached hydrogens (primary N) is 1. The molecule has 20 heavy (non-hydrogen) atoms. The van der Waals surface area contributed by atoms with Crippen LogP contribution in [0.3, 0.4) is 0 Å². The first-order chi connectivity index (χ1) is 9.32. The molecule has 1 unspecified atom stereocenters. The van der Waals surface area contributed by atoms with Crippen molar-refractivity contribution >= 4 is 16.7 Å². The second-order valence-corrected chi connectivity index (χ2v) is 8.56. The number of hydrogen-bond acceptors (Lipinski definition) is 3. The van der Waals surface area contributed by atoms with Crippen molar-refractivity contribution in [3.63, 3.8) is 0 Å². The first-order valence-corrected chi connectivity index (χ1v) is 9.16. The summed E-state index contributed by atoms with van der Waals surface area (Å²) in [6.07, 6.45) is 4.14. The van der Waals surface area contributed by atoms with Gasteiger partial charge in [0.15, 0.2) is 0 Å². The van der Waals surface area contributed by atoms with Gasteiger partial charge in [-0.25, -0.2) is 0 Å². The van der Waals surface area contributed by atoms with Gasteiger partial charge in [0.05, 0.1) is 0 Å². The van der Waals surface area contributed by atoms with Crippen molar-refractivity contribution in [2.75, 3.05) is 18.1 Å². The molecule has 0 aromatic rings. The molecule has 1 heterocycles. The van der Waals surface area contributed by atoms with Crippen LogP contribution in [-0.4, -0.2) is 34.2 Å². The summed E-state index contributed by atoms with van der Waals surface area (Å²) in [5, 5.41) is 3.08. The maximum Gasteiger partial charge on any atom is 0.220 e. The van der Waals surface area contributed by atoms with E-state index in [4.69, 9.17) is 5.73 Å². The molecule has 1 rings (SSSR count). The highest BCUT2D eigenvalue weighted by atomic mass is 32.2. The van der Waals surface area contributed by atoms with Crippen molar-refractivity contribution in [2.45, 2.75) is 58.9 Å². The molecule has 1 aliphatic heterocycles. The van der Waals surface area contributed by atoms with Crippen LogP contribution in [0.15, 0.2) is 0 Å². The van der Waals surface area contributed by atoms with Gasteiger partial charge >= 0.3 is 0 Å². The van der Waals surface area contributed by atoms with E-state index < -0.39 is 10.8 Å². The Morgan fingerprint density at radius 2 is 1.90 bits per heavy atom. The Bertz CT molecular complexity index is 329. The molecule has 5 heteroatoms. The van der Waals surface area contributed by atoms with E-state index in [9.17, 15) is 9.00 Å². The molecule has 1 atom stereocenters. The average molecular weight is 302 g/mol. The highest BCUT2D eigenvalue weighted by Gasteiger charge is 2.25. The van der Waals surface area contributed by atoms with Crippen LogP contribution >= 0.6 is 0 Å². The molecular weight excluding hydrogens is 272 g/mol. The van der Waals surface area contributed by atoms with Crippen LogP contribution in [0.25, 0.3) is 0 Å². The fourth-order valence-corrected chi connectivity index (χ4v) is 4.05. The summed E-state index contributed by atoms with van der Waals surface area (Å²) in [5.41, 5.74) is 5.86. The molecular formula is C15H30N2O2S. The molecule has 0 aromatic heterocycles. The lowest BCUT2D eigenvalue weighted by Crippen LogP contribution is -2.39. The van der Waals surface area contributed by atoms with E-state index in [1.807, 2.05) is 0 Å². The third-order valence-corrected chi connectivity index (χ3v) is 5.59. The van der Waals surface area contributed by atoms with Crippen molar-refractivity contribution in [1.29, 1.82) is 0 Å². The SMILES string of the molecule is CC(C)(C)C(CCN)CCC(=O)NC1CCS(=O)CC1. The summed E-state index contributed by atoms with van der Waals surface area (Å²) in [6, 6.07) is 0.225. The van der Waals surface area contributed by atoms with Gasteiger partial charge in [-0.1, -0.05) is 20.8 Å². The van der Waals surface area contributed by atoms with Gasteiger partial charge in [0, 0.05) is 34.8 Å². The second kappa shape index (κ2) is 8.13. The molecule has 1 saturated heterocycles.